The van der Waals surface area contributed by atoms with Crippen molar-refractivity contribution in [1.29, 1.82) is 0 Å². The summed E-state index contributed by atoms with van der Waals surface area (Å²) in [5, 5.41) is 0. The van der Waals surface area contributed by atoms with Gasteiger partial charge in [-0.2, -0.15) is 8.75 Å². The van der Waals surface area contributed by atoms with E-state index in [9.17, 15) is 8.42 Å². The molecular weight excluding hydrogens is 372 g/mol. The van der Waals surface area contributed by atoms with Crippen molar-refractivity contribution in [2.45, 2.75) is 4.90 Å². The fourth-order valence-corrected chi connectivity index (χ4v) is 3.94. The molecule has 0 atom stereocenters. The Morgan fingerprint density at radius 2 is 1.77 bits per heavy atom. The molecule has 0 saturated carbocycles. The number of fused-ring (bicyclic) bond motifs is 1. The lowest BCUT2D eigenvalue weighted by Gasteiger charge is -2.09. The molecule has 0 spiro atoms. The van der Waals surface area contributed by atoms with Crippen LogP contribution < -0.4 is 9.46 Å². The number of aromatic nitrogens is 3. The topological polar surface area (TPSA) is 94.1 Å². The molecule has 26 heavy (non-hydrogen) atoms. The summed E-state index contributed by atoms with van der Waals surface area (Å²) in [6.07, 6.45) is 3.22. The zero-order valence-electron chi connectivity index (χ0n) is 13.2. The number of nitrogens with zero attached hydrogens (tertiary/aromatic N) is 3. The van der Waals surface area contributed by atoms with Gasteiger partial charge in [-0.15, -0.1) is 0 Å². The highest BCUT2D eigenvalue weighted by Crippen LogP contribution is 2.26. The van der Waals surface area contributed by atoms with E-state index in [0.29, 0.717) is 28.2 Å². The van der Waals surface area contributed by atoms with Crippen molar-refractivity contribution in [1.82, 2.24) is 13.7 Å². The minimum absolute atomic E-state index is 0.122. The largest absolute Gasteiger partial charge is 0.456 e. The van der Waals surface area contributed by atoms with Gasteiger partial charge in [0.15, 0.2) is 0 Å². The Morgan fingerprint density at radius 3 is 2.54 bits per heavy atom. The lowest BCUT2D eigenvalue weighted by Crippen LogP contribution is -2.13. The molecule has 9 heteroatoms. The van der Waals surface area contributed by atoms with E-state index >= 15 is 0 Å². The van der Waals surface area contributed by atoms with Crippen molar-refractivity contribution in [2.75, 3.05) is 4.72 Å². The van der Waals surface area contributed by atoms with Gasteiger partial charge in [0.05, 0.1) is 28.5 Å². The third-order valence-electron chi connectivity index (χ3n) is 3.53. The molecule has 0 radical (unpaired) electrons. The maximum absolute atomic E-state index is 12.6. The summed E-state index contributed by atoms with van der Waals surface area (Å²) >= 11 is 1.04. The van der Waals surface area contributed by atoms with Crippen LogP contribution in [0.25, 0.3) is 11.0 Å². The second-order valence-electron chi connectivity index (χ2n) is 5.31. The number of anilines is 1. The Balaban J connectivity index is 1.57. The lowest BCUT2D eigenvalue weighted by atomic mass is 10.3. The molecular formula is C17H12N4O3S2. The van der Waals surface area contributed by atoms with Crippen molar-refractivity contribution in [3.8, 4) is 11.5 Å². The Morgan fingerprint density at radius 1 is 0.923 bits per heavy atom. The molecule has 0 saturated heterocycles. The molecule has 7 nitrogen and oxygen atoms in total. The molecule has 0 unspecified atom stereocenters. The Kier molecular flexibility index (Phi) is 4.23. The summed E-state index contributed by atoms with van der Waals surface area (Å²) in [7, 11) is -3.75. The SMILES string of the molecule is O=S(=O)(Nc1cccc2nsnc12)c1ccc(Oc2cccnc2)cc1. The smallest absolute Gasteiger partial charge is 0.261 e. The molecule has 0 aliphatic rings. The van der Waals surface area contributed by atoms with Crippen LogP contribution in [0.15, 0.2) is 71.9 Å². The summed E-state index contributed by atoms with van der Waals surface area (Å²) in [4.78, 5) is 4.09. The average molecular weight is 384 g/mol. The van der Waals surface area contributed by atoms with Crippen LogP contribution in [0.5, 0.6) is 11.5 Å². The van der Waals surface area contributed by atoms with Crippen LogP contribution in [-0.4, -0.2) is 22.1 Å². The molecule has 2 heterocycles. The van der Waals surface area contributed by atoms with Crippen molar-refractivity contribution < 1.29 is 13.2 Å². The minimum atomic E-state index is -3.75. The Hall–Kier alpha value is -3.04. The van der Waals surface area contributed by atoms with Gasteiger partial charge in [-0.25, -0.2) is 8.42 Å². The van der Waals surface area contributed by atoms with Gasteiger partial charge in [-0.05, 0) is 48.5 Å². The predicted octanol–water partition coefficient (Wildman–Crippen LogP) is 3.68. The highest BCUT2D eigenvalue weighted by molar-refractivity contribution is 7.92. The van der Waals surface area contributed by atoms with Gasteiger partial charge in [0.25, 0.3) is 10.0 Å². The zero-order valence-corrected chi connectivity index (χ0v) is 14.9. The molecule has 0 amide bonds. The molecule has 0 bridgehead atoms. The number of ether oxygens (including phenoxy) is 1. The third-order valence-corrected chi connectivity index (χ3v) is 5.46. The Bertz CT molecular complexity index is 1140. The van der Waals surface area contributed by atoms with Crippen LogP contribution in [0, 0.1) is 0 Å². The molecule has 1 N–H and O–H groups in total. The lowest BCUT2D eigenvalue weighted by molar-refractivity contribution is 0.480. The van der Waals surface area contributed by atoms with Gasteiger partial charge in [0.1, 0.15) is 22.5 Å². The van der Waals surface area contributed by atoms with Crippen LogP contribution in [-0.2, 0) is 10.0 Å². The quantitative estimate of drug-likeness (QED) is 0.564. The van der Waals surface area contributed by atoms with E-state index in [4.69, 9.17) is 4.74 Å². The number of pyridine rings is 1. The standard InChI is InChI=1S/C17H12N4O3S2/c22-26(23,21-16-5-1-4-15-17(16)20-25-19-15)14-8-6-12(7-9-14)24-13-3-2-10-18-11-13/h1-11,21H. The van der Waals surface area contributed by atoms with Crippen molar-refractivity contribution in [3.05, 3.63) is 67.0 Å². The summed E-state index contributed by atoms with van der Waals surface area (Å²) in [6.45, 7) is 0. The maximum Gasteiger partial charge on any atom is 0.261 e. The van der Waals surface area contributed by atoms with E-state index in [2.05, 4.69) is 18.5 Å². The van der Waals surface area contributed by atoms with Crippen LogP contribution >= 0.6 is 11.7 Å². The normalized spacial score (nSPS) is 11.4. The van der Waals surface area contributed by atoms with Crippen LogP contribution in [0.3, 0.4) is 0 Å². The number of hydrogen-bond donors (Lipinski definition) is 1. The minimum Gasteiger partial charge on any atom is -0.456 e. The summed E-state index contributed by atoms with van der Waals surface area (Å²) < 4.78 is 41.7. The van der Waals surface area contributed by atoms with E-state index in [-0.39, 0.29) is 4.90 Å². The van der Waals surface area contributed by atoms with E-state index in [1.165, 1.54) is 12.1 Å². The molecule has 4 aromatic rings. The molecule has 0 aliphatic heterocycles. The number of hydrogen-bond acceptors (Lipinski definition) is 7. The molecule has 4 rings (SSSR count). The Labute approximate surface area is 153 Å². The molecule has 2 aromatic carbocycles. The van der Waals surface area contributed by atoms with Gasteiger partial charge < -0.3 is 4.74 Å². The summed E-state index contributed by atoms with van der Waals surface area (Å²) in [5.41, 5.74) is 1.57. The number of rotatable bonds is 5. The van der Waals surface area contributed by atoms with Crippen molar-refractivity contribution >= 4 is 38.5 Å². The molecule has 2 aromatic heterocycles. The van der Waals surface area contributed by atoms with Crippen LogP contribution in [0.2, 0.25) is 0 Å². The van der Waals surface area contributed by atoms with Gasteiger partial charge in [-0.1, -0.05) is 6.07 Å². The first-order valence-corrected chi connectivity index (χ1v) is 9.75. The number of nitrogens with one attached hydrogen (secondary N) is 1. The van der Waals surface area contributed by atoms with Gasteiger partial charge in [0, 0.05) is 6.20 Å². The summed E-state index contributed by atoms with van der Waals surface area (Å²) in [6, 6.07) is 14.8. The third kappa shape index (κ3) is 3.35. The second kappa shape index (κ2) is 6.70. The van der Waals surface area contributed by atoms with Crippen molar-refractivity contribution in [2.24, 2.45) is 0 Å². The van der Waals surface area contributed by atoms with Gasteiger partial charge in [-0.3, -0.25) is 9.71 Å². The predicted molar refractivity (Wildman–Crippen MR) is 99.0 cm³/mol. The first kappa shape index (κ1) is 16.4. The van der Waals surface area contributed by atoms with E-state index in [1.807, 2.05) is 0 Å². The molecule has 130 valence electrons. The fraction of sp³-hybridized carbons (Fsp3) is 0. The molecule has 0 fully saturated rings. The highest BCUT2D eigenvalue weighted by atomic mass is 32.2. The summed E-state index contributed by atoms with van der Waals surface area (Å²) in [5.74, 6) is 1.09. The fourth-order valence-electron chi connectivity index (χ4n) is 2.32. The van der Waals surface area contributed by atoms with Crippen LogP contribution in [0.4, 0.5) is 5.69 Å². The highest BCUT2D eigenvalue weighted by Gasteiger charge is 2.17. The second-order valence-corrected chi connectivity index (χ2v) is 7.52. The first-order valence-electron chi connectivity index (χ1n) is 7.54. The number of benzene rings is 2. The monoisotopic (exact) mass is 384 g/mol. The van der Waals surface area contributed by atoms with Gasteiger partial charge >= 0.3 is 0 Å². The van der Waals surface area contributed by atoms with E-state index < -0.39 is 10.0 Å². The van der Waals surface area contributed by atoms with Crippen molar-refractivity contribution in [3.63, 3.8) is 0 Å². The van der Waals surface area contributed by atoms with E-state index in [0.717, 1.165) is 11.7 Å². The maximum atomic E-state index is 12.6. The van der Waals surface area contributed by atoms with Crippen LogP contribution in [0.1, 0.15) is 0 Å². The van der Waals surface area contributed by atoms with Gasteiger partial charge in [0.2, 0.25) is 0 Å². The zero-order chi connectivity index (χ0) is 18.0. The number of sulfonamides is 1. The van der Waals surface area contributed by atoms with E-state index in [1.54, 1.807) is 54.9 Å². The first-order chi connectivity index (χ1) is 12.6. The molecule has 0 aliphatic carbocycles. The average Bonchev–Trinajstić information content (AvgIpc) is 3.13.